The Balaban J connectivity index is 0.00000264. The van der Waals surface area contributed by atoms with E-state index in [0.717, 1.165) is 17.1 Å². The zero-order chi connectivity index (χ0) is 15.9. The van der Waals surface area contributed by atoms with Gasteiger partial charge in [0.05, 0.1) is 12.1 Å². The van der Waals surface area contributed by atoms with E-state index >= 15 is 0 Å². The van der Waals surface area contributed by atoms with Gasteiger partial charge in [0, 0.05) is 23.5 Å². The van der Waals surface area contributed by atoms with Crippen LogP contribution < -0.4 is 10.6 Å². The molecule has 0 bridgehead atoms. The number of hydrogen-bond acceptors (Lipinski definition) is 4. The summed E-state index contributed by atoms with van der Waals surface area (Å²) >= 11 is 1.42. The van der Waals surface area contributed by atoms with Gasteiger partial charge in [0.25, 0.3) is 0 Å². The molecule has 8 heteroatoms. The number of aromatic nitrogens is 1. The minimum atomic E-state index is -0.288. The molecule has 1 amide bonds. The molecule has 0 aliphatic carbocycles. The van der Waals surface area contributed by atoms with Gasteiger partial charge in [-0.1, -0.05) is 19.1 Å². The molecule has 1 heterocycles. The molecule has 24 heavy (non-hydrogen) atoms. The lowest BCUT2D eigenvalue weighted by Gasteiger charge is -2.12. The zero-order valence-electron chi connectivity index (χ0n) is 13.5. The van der Waals surface area contributed by atoms with E-state index in [0.29, 0.717) is 12.2 Å². The highest BCUT2D eigenvalue weighted by atomic mass is 35.5. The molecule has 0 aliphatic rings. The van der Waals surface area contributed by atoms with Gasteiger partial charge in [-0.3, -0.25) is 4.79 Å². The Kier molecular flexibility index (Phi) is 10.8. The Bertz CT molecular complexity index is 639. The quantitative estimate of drug-likeness (QED) is 0.757. The highest BCUT2D eigenvalue weighted by Crippen LogP contribution is 2.24. The number of likely N-dealkylation sites (N-methyl/N-ethyl adjacent to an activating group) is 1. The van der Waals surface area contributed by atoms with Gasteiger partial charge < -0.3 is 10.6 Å². The number of carbonyl (C=O) groups excluding carboxylic acids is 1. The third-order valence-electron chi connectivity index (χ3n) is 3.12. The predicted octanol–water partition coefficient (Wildman–Crippen LogP) is 3.45. The van der Waals surface area contributed by atoms with Crippen molar-refractivity contribution in [2.75, 3.05) is 13.1 Å². The molecule has 1 aromatic heterocycles. The molecule has 0 saturated heterocycles. The Morgan fingerprint density at radius 2 is 2.12 bits per heavy atom. The average molecular weight is 394 g/mol. The Morgan fingerprint density at radius 1 is 1.38 bits per heavy atom. The van der Waals surface area contributed by atoms with Gasteiger partial charge in [0.15, 0.2) is 0 Å². The molecule has 0 radical (unpaired) electrons. The van der Waals surface area contributed by atoms with Crippen molar-refractivity contribution in [2.45, 2.75) is 26.3 Å². The topological polar surface area (TPSA) is 54.0 Å². The van der Waals surface area contributed by atoms with E-state index < -0.39 is 0 Å². The van der Waals surface area contributed by atoms with Gasteiger partial charge in [0.2, 0.25) is 5.91 Å². The maximum absolute atomic E-state index is 13.2. The number of amides is 1. The van der Waals surface area contributed by atoms with Gasteiger partial charge in [-0.25, -0.2) is 9.37 Å². The first-order valence-corrected chi connectivity index (χ1v) is 8.17. The van der Waals surface area contributed by atoms with Crippen molar-refractivity contribution < 1.29 is 9.18 Å². The molecule has 1 atom stereocenters. The smallest absolute Gasteiger partial charge is 0.226 e. The van der Waals surface area contributed by atoms with Crippen molar-refractivity contribution in [3.8, 4) is 10.6 Å². The van der Waals surface area contributed by atoms with Gasteiger partial charge in [-0.2, -0.15) is 0 Å². The molecule has 0 saturated carbocycles. The molecule has 2 aromatic rings. The van der Waals surface area contributed by atoms with Crippen LogP contribution in [0.4, 0.5) is 4.39 Å². The predicted molar refractivity (Wildman–Crippen MR) is 102 cm³/mol. The summed E-state index contributed by atoms with van der Waals surface area (Å²) < 4.78 is 13.2. The molecule has 0 fully saturated rings. The number of rotatable bonds is 7. The van der Waals surface area contributed by atoms with Crippen molar-refractivity contribution in [2.24, 2.45) is 0 Å². The molecule has 2 rings (SSSR count). The maximum atomic E-state index is 13.2. The lowest BCUT2D eigenvalue weighted by Crippen LogP contribution is -2.39. The van der Waals surface area contributed by atoms with Gasteiger partial charge in [-0.15, -0.1) is 36.2 Å². The maximum Gasteiger partial charge on any atom is 0.226 e. The van der Waals surface area contributed by atoms with Gasteiger partial charge in [0.1, 0.15) is 10.8 Å². The van der Waals surface area contributed by atoms with E-state index in [1.165, 1.54) is 23.5 Å². The van der Waals surface area contributed by atoms with Gasteiger partial charge in [-0.05, 0) is 25.6 Å². The van der Waals surface area contributed by atoms with Crippen LogP contribution in [0.25, 0.3) is 10.6 Å². The highest BCUT2D eigenvalue weighted by molar-refractivity contribution is 7.13. The van der Waals surface area contributed by atoms with Crippen LogP contribution in [0.2, 0.25) is 0 Å². The molecular weight excluding hydrogens is 372 g/mol. The molecule has 0 aliphatic heterocycles. The standard InChI is InChI=1S/C16H20FN3OS.2ClH/c1-3-18-11(2)9-19-15(21)8-14-10-22-16(20-14)12-5-4-6-13(17)7-12;;/h4-7,10-11,18H,3,8-9H2,1-2H3,(H,19,21);2*1H/t11-;;/m1../s1. The lowest BCUT2D eigenvalue weighted by atomic mass is 10.2. The van der Waals surface area contributed by atoms with Crippen LogP contribution in [-0.4, -0.2) is 30.0 Å². The lowest BCUT2D eigenvalue weighted by molar-refractivity contribution is -0.120. The number of benzene rings is 1. The third-order valence-corrected chi connectivity index (χ3v) is 4.06. The van der Waals surface area contributed by atoms with Crippen LogP contribution in [0.15, 0.2) is 29.6 Å². The summed E-state index contributed by atoms with van der Waals surface area (Å²) in [6.07, 6.45) is 0.241. The summed E-state index contributed by atoms with van der Waals surface area (Å²) in [5.41, 5.74) is 1.44. The number of nitrogens with zero attached hydrogens (tertiary/aromatic N) is 1. The highest BCUT2D eigenvalue weighted by Gasteiger charge is 2.10. The van der Waals surface area contributed by atoms with Crippen LogP contribution >= 0.6 is 36.2 Å². The van der Waals surface area contributed by atoms with Crippen molar-refractivity contribution in [1.82, 2.24) is 15.6 Å². The molecule has 134 valence electrons. The molecule has 1 aromatic carbocycles. The van der Waals surface area contributed by atoms with Crippen molar-refractivity contribution >= 4 is 42.1 Å². The second-order valence-corrected chi connectivity index (χ2v) is 5.95. The number of carbonyl (C=O) groups is 1. The number of thiazole rings is 1. The third kappa shape index (κ3) is 7.13. The van der Waals surface area contributed by atoms with Crippen molar-refractivity contribution in [3.63, 3.8) is 0 Å². The summed E-state index contributed by atoms with van der Waals surface area (Å²) in [5.74, 6) is -0.342. The van der Waals surface area contributed by atoms with Gasteiger partial charge >= 0.3 is 0 Å². The van der Waals surface area contributed by atoms with Crippen LogP contribution in [-0.2, 0) is 11.2 Å². The van der Waals surface area contributed by atoms with E-state index in [1.807, 2.05) is 25.3 Å². The summed E-state index contributed by atoms with van der Waals surface area (Å²) in [6, 6.07) is 6.55. The van der Waals surface area contributed by atoms with Crippen LogP contribution in [0.3, 0.4) is 0 Å². The fourth-order valence-corrected chi connectivity index (χ4v) is 2.87. The molecule has 2 N–H and O–H groups in total. The van der Waals surface area contributed by atoms with Crippen molar-refractivity contribution in [3.05, 3.63) is 41.2 Å². The summed E-state index contributed by atoms with van der Waals surface area (Å²) in [7, 11) is 0. The number of nitrogens with one attached hydrogen (secondary N) is 2. The van der Waals surface area contributed by atoms with E-state index in [1.54, 1.807) is 6.07 Å². The molecule has 0 spiro atoms. The zero-order valence-corrected chi connectivity index (χ0v) is 16.0. The molecule has 0 unspecified atom stereocenters. The molecular formula is C16H22Cl2FN3OS. The normalized spacial score (nSPS) is 11.1. The monoisotopic (exact) mass is 393 g/mol. The second kappa shape index (κ2) is 11.4. The largest absolute Gasteiger partial charge is 0.354 e. The first-order chi connectivity index (χ1) is 10.6. The first kappa shape index (κ1) is 22.8. The van der Waals surface area contributed by atoms with Crippen molar-refractivity contribution in [1.29, 1.82) is 0 Å². The fraction of sp³-hybridized carbons (Fsp3) is 0.375. The van der Waals surface area contributed by atoms with Crippen LogP contribution in [0.1, 0.15) is 19.5 Å². The first-order valence-electron chi connectivity index (χ1n) is 7.29. The van der Waals surface area contributed by atoms with E-state index in [-0.39, 0.29) is 49.0 Å². The number of hydrogen-bond donors (Lipinski definition) is 2. The summed E-state index contributed by atoms with van der Waals surface area (Å²) in [6.45, 7) is 5.52. The number of halogens is 3. The Labute approximate surface area is 158 Å². The van der Waals surface area contributed by atoms with E-state index in [9.17, 15) is 9.18 Å². The fourth-order valence-electron chi connectivity index (χ4n) is 2.06. The summed E-state index contributed by atoms with van der Waals surface area (Å²) in [5, 5.41) is 8.67. The van der Waals surface area contributed by atoms with Crippen LogP contribution in [0, 0.1) is 5.82 Å². The average Bonchev–Trinajstić information content (AvgIpc) is 2.94. The minimum absolute atomic E-state index is 0. The minimum Gasteiger partial charge on any atom is -0.354 e. The SMILES string of the molecule is CCN[C@H](C)CNC(=O)Cc1csc(-c2cccc(F)c2)n1.Cl.Cl. The second-order valence-electron chi connectivity index (χ2n) is 5.09. The Hall–Kier alpha value is -1.21. The summed E-state index contributed by atoms with van der Waals surface area (Å²) in [4.78, 5) is 16.3. The van der Waals surface area contributed by atoms with E-state index in [4.69, 9.17) is 0 Å². The molecule has 4 nitrogen and oxygen atoms in total. The van der Waals surface area contributed by atoms with E-state index in [2.05, 4.69) is 15.6 Å². The van der Waals surface area contributed by atoms with Crippen LogP contribution in [0.5, 0.6) is 0 Å². The Morgan fingerprint density at radius 3 is 2.79 bits per heavy atom.